The first-order valence-electron chi connectivity index (χ1n) is 23.0. The summed E-state index contributed by atoms with van der Waals surface area (Å²) in [6, 6.07) is 83.1. The minimum atomic E-state index is 0.621. The van der Waals surface area contributed by atoms with E-state index < -0.39 is 0 Å². The van der Waals surface area contributed by atoms with Crippen LogP contribution in [0.15, 0.2) is 231 Å². The van der Waals surface area contributed by atoms with Gasteiger partial charge in [0.25, 0.3) is 0 Å². The molecule has 11 aromatic carbocycles. The Morgan fingerprint density at radius 1 is 0.294 bits per heavy atom. The highest BCUT2D eigenvalue weighted by Gasteiger charge is 2.22. The van der Waals surface area contributed by atoms with Crippen LogP contribution in [0.4, 0.5) is 0 Å². The van der Waals surface area contributed by atoms with Gasteiger partial charge in [-0.25, -0.2) is 15.0 Å². The van der Waals surface area contributed by atoms with E-state index in [4.69, 9.17) is 15.0 Å². The highest BCUT2D eigenvalue weighted by Crippen LogP contribution is 2.43. The van der Waals surface area contributed by atoms with Crippen LogP contribution in [-0.4, -0.2) is 19.5 Å². The van der Waals surface area contributed by atoms with Gasteiger partial charge in [0.15, 0.2) is 17.5 Å². The van der Waals surface area contributed by atoms with E-state index in [1.54, 1.807) is 11.3 Å². The lowest BCUT2D eigenvalue weighted by atomic mass is 9.94. The molecule has 0 aliphatic rings. The molecule has 0 N–H and O–H groups in total. The lowest BCUT2D eigenvalue weighted by Crippen LogP contribution is -2.02. The first kappa shape index (κ1) is 38.5. The second-order valence-corrected chi connectivity index (χ2v) is 18.6. The maximum atomic E-state index is 5.41. The van der Waals surface area contributed by atoms with E-state index in [1.807, 2.05) is 18.2 Å². The average Bonchev–Trinajstić information content (AvgIpc) is 3.95. The summed E-state index contributed by atoms with van der Waals surface area (Å²) in [6.45, 7) is 0. The van der Waals surface area contributed by atoms with Crippen molar-refractivity contribution in [3.05, 3.63) is 231 Å². The Kier molecular flexibility index (Phi) is 8.73. The van der Waals surface area contributed by atoms with Crippen LogP contribution in [0.3, 0.4) is 0 Å². The summed E-state index contributed by atoms with van der Waals surface area (Å²) < 4.78 is 4.97. The SMILES string of the molecule is c1ccc(-c2cccc(-c3ccc4c(-n5c6cc7ccccc7cc6c6ccc7ccccc7c65)ccc(-c5nc(-c6ccccc6)nc(-c6ccc7c(c6)sc6ccccc67)n5)c4c3)c2)cc1. The Morgan fingerprint density at radius 3 is 1.71 bits per heavy atom. The topological polar surface area (TPSA) is 43.6 Å². The van der Waals surface area contributed by atoms with E-state index in [0.29, 0.717) is 17.5 Å². The maximum absolute atomic E-state index is 5.41. The molecule has 0 radical (unpaired) electrons. The predicted octanol–water partition coefficient (Wildman–Crippen LogP) is 17.1. The molecule has 0 aliphatic carbocycles. The van der Waals surface area contributed by atoms with Gasteiger partial charge in [-0.1, -0.05) is 182 Å². The minimum absolute atomic E-state index is 0.621. The molecule has 0 aliphatic heterocycles. The fourth-order valence-electron chi connectivity index (χ4n) is 10.3. The fourth-order valence-corrected chi connectivity index (χ4v) is 11.5. The lowest BCUT2D eigenvalue weighted by Gasteiger charge is -2.17. The van der Waals surface area contributed by atoms with Crippen LogP contribution in [-0.2, 0) is 0 Å². The largest absolute Gasteiger partial charge is 0.308 e. The summed E-state index contributed by atoms with van der Waals surface area (Å²) in [4.78, 5) is 16.0. The van der Waals surface area contributed by atoms with Gasteiger partial charge in [-0.3, -0.25) is 0 Å². The van der Waals surface area contributed by atoms with Crippen molar-refractivity contribution >= 4 is 85.6 Å². The summed E-state index contributed by atoms with van der Waals surface area (Å²) in [5.41, 5.74) is 10.9. The molecule has 4 nitrogen and oxygen atoms in total. The molecule has 3 aromatic heterocycles. The van der Waals surface area contributed by atoms with Crippen LogP contribution < -0.4 is 0 Å². The number of aromatic nitrogens is 4. The molecule has 0 bridgehead atoms. The van der Waals surface area contributed by atoms with E-state index in [1.165, 1.54) is 69.1 Å². The van der Waals surface area contributed by atoms with Gasteiger partial charge in [0.2, 0.25) is 0 Å². The first-order valence-corrected chi connectivity index (χ1v) is 23.8. The van der Waals surface area contributed by atoms with Crippen molar-refractivity contribution in [1.29, 1.82) is 0 Å². The first-order chi connectivity index (χ1) is 33.7. The second kappa shape index (κ2) is 15.4. The van der Waals surface area contributed by atoms with Crippen LogP contribution in [0.1, 0.15) is 0 Å². The van der Waals surface area contributed by atoms with Crippen molar-refractivity contribution in [2.24, 2.45) is 0 Å². The fraction of sp³-hybridized carbons (Fsp3) is 0. The third-order valence-corrected chi connectivity index (χ3v) is 14.7. The van der Waals surface area contributed by atoms with E-state index in [9.17, 15) is 0 Å². The summed E-state index contributed by atoms with van der Waals surface area (Å²) in [6.07, 6.45) is 0. The third kappa shape index (κ3) is 6.24. The average molecular weight is 883 g/mol. The molecular weight excluding hydrogens is 845 g/mol. The molecule has 0 saturated carbocycles. The zero-order valence-electron chi connectivity index (χ0n) is 36.6. The predicted molar refractivity (Wildman–Crippen MR) is 287 cm³/mol. The van der Waals surface area contributed by atoms with E-state index in [0.717, 1.165) is 49.8 Å². The zero-order valence-corrected chi connectivity index (χ0v) is 37.5. The Bertz CT molecular complexity index is 4320. The number of thiophene rings is 1. The van der Waals surface area contributed by atoms with Gasteiger partial charge in [-0.15, -0.1) is 11.3 Å². The number of benzene rings is 11. The number of rotatable bonds is 6. The monoisotopic (exact) mass is 882 g/mol. The molecule has 316 valence electrons. The van der Waals surface area contributed by atoms with Crippen molar-refractivity contribution in [3.8, 4) is 62.1 Å². The van der Waals surface area contributed by atoms with Gasteiger partial charge in [0, 0.05) is 58.4 Å². The summed E-state index contributed by atoms with van der Waals surface area (Å²) in [5, 5.41) is 11.9. The number of hydrogen-bond acceptors (Lipinski definition) is 4. The highest BCUT2D eigenvalue weighted by molar-refractivity contribution is 7.25. The quantitative estimate of drug-likeness (QED) is 0.167. The van der Waals surface area contributed by atoms with Gasteiger partial charge in [-0.2, -0.15) is 0 Å². The lowest BCUT2D eigenvalue weighted by molar-refractivity contribution is 1.08. The zero-order chi connectivity index (χ0) is 44.7. The summed E-state index contributed by atoms with van der Waals surface area (Å²) in [7, 11) is 0. The third-order valence-electron chi connectivity index (χ3n) is 13.6. The van der Waals surface area contributed by atoms with Gasteiger partial charge < -0.3 is 4.57 Å². The molecule has 0 fully saturated rings. The van der Waals surface area contributed by atoms with Crippen molar-refractivity contribution in [2.75, 3.05) is 0 Å². The maximum Gasteiger partial charge on any atom is 0.164 e. The number of nitrogens with zero attached hydrogens (tertiary/aromatic N) is 4. The van der Waals surface area contributed by atoms with Crippen molar-refractivity contribution in [1.82, 2.24) is 19.5 Å². The molecule has 0 amide bonds. The van der Waals surface area contributed by atoms with Crippen LogP contribution >= 0.6 is 11.3 Å². The van der Waals surface area contributed by atoms with Crippen LogP contribution in [0.25, 0.3) is 136 Å². The molecule has 14 aromatic rings. The van der Waals surface area contributed by atoms with Crippen molar-refractivity contribution in [2.45, 2.75) is 0 Å². The Morgan fingerprint density at radius 2 is 0.882 bits per heavy atom. The Balaban J connectivity index is 1.05. The smallest absolute Gasteiger partial charge is 0.164 e. The van der Waals surface area contributed by atoms with E-state index in [-0.39, 0.29) is 0 Å². The highest BCUT2D eigenvalue weighted by atomic mass is 32.1. The second-order valence-electron chi connectivity index (χ2n) is 17.6. The summed E-state index contributed by atoms with van der Waals surface area (Å²) >= 11 is 1.80. The number of fused-ring (bicyclic) bond motifs is 10. The number of hydrogen-bond donors (Lipinski definition) is 0. The van der Waals surface area contributed by atoms with Crippen LogP contribution in [0.5, 0.6) is 0 Å². The molecule has 0 unspecified atom stereocenters. The molecule has 14 rings (SSSR count). The standard InChI is InChI=1S/C63H38N4S/c1-3-14-39(15-4-1)42-21-13-22-43(34-42)46-27-29-49-54(35-46)53(32-33-56(49)67-57-37-45-20-8-7-19-44(45)36-55(57)52-31-26-40-16-9-10-23-48(40)60(52)67)63-65-61(41-17-5-2-6-18-41)64-62(66-63)47-28-30-51-50-24-11-12-25-58(50)68-59(51)38-47/h1-38H. The molecule has 68 heavy (non-hydrogen) atoms. The van der Waals surface area contributed by atoms with Gasteiger partial charge >= 0.3 is 0 Å². The Hall–Kier alpha value is -8.77. The normalized spacial score (nSPS) is 11.8. The molecule has 0 atom stereocenters. The van der Waals surface area contributed by atoms with Crippen LogP contribution in [0, 0.1) is 0 Å². The van der Waals surface area contributed by atoms with E-state index >= 15 is 0 Å². The van der Waals surface area contributed by atoms with Crippen molar-refractivity contribution in [3.63, 3.8) is 0 Å². The van der Waals surface area contributed by atoms with Gasteiger partial charge in [-0.05, 0) is 92.3 Å². The van der Waals surface area contributed by atoms with E-state index in [2.05, 4.69) is 217 Å². The summed E-state index contributed by atoms with van der Waals surface area (Å²) in [5.74, 6) is 1.89. The molecule has 5 heteroatoms. The van der Waals surface area contributed by atoms with Gasteiger partial charge in [0.1, 0.15) is 0 Å². The van der Waals surface area contributed by atoms with Crippen molar-refractivity contribution < 1.29 is 0 Å². The molecule has 0 spiro atoms. The minimum Gasteiger partial charge on any atom is -0.308 e. The molecule has 3 heterocycles. The Labute approximate surface area is 395 Å². The molecule has 0 saturated heterocycles. The molecular formula is C63H38N4S. The van der Waals surface area contributed by atoms with Crippen LogP contribution in [0.2, 0.25) is 0 Å². The van der Waals surface area contributed by atoms with Gasteiger partial charge in [0.05, 0.1) is 16.7 Å².